The van der Waals surface area contributed by atoms with E-state index in [0.29, 0.717) is 19.0 Å². The van der Waals surface area contributed by atoms with Gasteiger partial charge in [-0.1, -0.05) is 6.07 Å². The summed E-state index contributed by atoms with van der Waals surface area (Å²) in [6.07, 6.45) is 3.24. The Kier molecular flexibility index (Phi) is 6.86. The SMILES string of the molecule is CCNC(=NCc1coc(-c2cccs2)n1)N1CCC(C(=O)OCC)CC1. The lowest BCUT2D eigenvalue weighted by Gasteiger charge is -2.33. The number of esters is 1. The van der Waals surface area contributed by atoms with Crippen molar-refractivity contribution in [1.29, 1.82) is 0 Å². The Morgan fingerprint density at radius 3 is 2.93 bits per heavy atom. The molecule has 0 bridgehead atoms. The highest BCUT2D eigenvalue weighted by atomic mass is 32.1. The first-order valence-corrected chi connectivity index (χ1v) is 10.3. The first-order valence-electron chi connectivity index (χ1n) is 9.39. The molecular weight excluding hydrogens is 364 g/mol. The number of hydrogen-bond donors (Lipinski definition) is 1. The predicted octanol–water partition coefficient (Wildman–Crippen LogP) is 3.14. The molecule has 0 unspecified atom stereocenters. The van der Waals surface area contributed by atoms with Crippen LogP contribution in [0.25, 0.3) is 10.8 Å². The summed E-state index contributed by atoms with van der Waals surface area (Å²) in [6, 6.07) is 3.96. The van der Waals surface area contributed by atoms with Crippen LogP contribution in [-0.4, -0.2) is 48.1 Å². The second-order valence-corrected chi connectivity index (χ2v) is 7.25. The molecule has 1 N–H and O–H groups in total. The molecular formula is C19H26N4O3S. The number of ether oxygens (including phenoxy) is 1. The number of aliphatic imine (C=N–C) groups is 1. The van der Waals surface area contributed by atoms with Gasteiger partial charge in [-0.25, -0.2) is 9.98 Å². The number of carbonyl (C=O) groups is 1. The molecule has 27 heavy (non-hydrogen) atoms. The van der Waals surface area contributed by atoms with Crippen molar-refractivity contribution in [2.75, 3.05) is 26.2 Å². The first kappa shape index (κ1) is 19.4. The smallest absolute Gasteiger partial charge is 0.309 e. The third-order valence-corrected chi connectivity index (χ3v) is 5.28. The summed E-state index contributed by atoms with van der Waals surface area (Å²) in [5.41, 5.74) is 0.801. The average Bonchev–Trinajstić information content (AvgIpc) is 3.37. The van der Waals surface area contributed by atoms with Crippen LogP contribution in [0.1, 0.15) is 32.4 Å². The Morgan fingerprint density at radius 2 is 2.26 bits per heavy atom. The van der Waals surface area contributed by atoms with Gasteiger partial charge < -0.3 is 19.4 Å². The molecule has 1 aliphatic heterocycles. The van der Waals surface area contributed by atoms with Crippen molar-refractivity contribution in [3.05, 3.63) is 29.5 Å². The van der Waals surface area contributed by atoms with Gasteiger partial charge in [0.1, 0.15) is 12.0 Å². The number of nitrogens with one attached hydrogen (secondary N) is 1. The zero-order chi connectivity index (χ0) is 19.1. The van der Waals surface area contributed by atoms with E-state index in [4.69, 9.17) is 14.1 Å². The number of hydrogen-bond acceptors (Lipinski definition) is 6. The van der Waals surface area contributed by atoms with Crippen molar-refractivity contribution in [3.63, 3.8) is 0 Å². The second-order valence-electron chi connectivity index (χ2n) is 6.30. The van der Waals surface area contributed by atoms with Gasteiger partial charge in [0.15, 0.2) is 5.96 Å². The minimum Gasteiger partial charge on any atom is -0.466 e. The van der Waals surface area contributed by atoms with E-state index in [2.05, 4.69) is 15.2 Å². The van der Waals surface area contributed by atoms with E-state index in [1.165, 1.54) is 0 Å². The van der Waals surface area contributed by atoms with Crippen LogP contribution in [-0.2, 0) is 16.1 Å². The van der Waals surface area contributed by atoms with Crippen LogP contribution in [0.15, 0.2) is 33.2 Å². The molecule has 0 amide bonds. The fourth-order valence-corrected chi connectivity index (χ4v) is 3.72. The summed E-state index contributed by atoms with van der Waals surface area (Å²) in [6.45, 7) is 7.14. The Bertz CT molecular complexity index is 749. The number of nitrogens with zero attached hydrogens (tertiary/aromatic N) is 3. The molecule has 8 heteroatoms. The summed E-state index contributed by atoms with van der Waals surface area (Å²) in [4.78, 5) is 24.3. The third kappa shape index (κ3) is 5.09. The number of aromatic nitrogens is 1. The van der Waals surface area contributed by atoms with Gasteiger partial charge in [0, 0.05) is 19.6 Å². The number of oxazole rings is 1. The van der Waals surface area contributed by atoms with Crippen molar-refractivity contribution in [3.8, 4) is 10.8 Å². The van der Waals surface area contributed by atoms with Crippen LogP contribution in [0.2, 0.25) is 0 Å². The number of likely N-dealkylation sites (tertiary alicyclic amines) is 1. The van der Waals surface area contributed by atoms with Gasteiger partial charge in [-0.3, -0.25) is 4.79 Å². The molecule has 1 aliphatic rings. The third-order valence-electron chi connectivity index (χ3n) is 4.42. The van der Waals surface area contributed by atoms with Crippen molar-refractivity contribution >= 4 is 23.3 Å². The van der Waals surface area contributed by atoms with E-state index in [1.807, 2.05) is 31.4 Å². The number of piperidine rings is 1. The van der Waals surface area contributed by atoms with Gasteiger partial charge in [-0.15, -0.1) is 11.3 Å². The lowest BCUT2D eigenvalue weighted by atomic mass is 9.97. The van der Waals surface area contributed by atoms with Gasteiger partial charge in [-0.2, -0.15) is 0 Å². The Balaban J connectivity index is 1.59. The van der Waals surface area contributed by atoms with Crippen LogP contribution in [0.4, 0.5) is 0 Å². The number of rotatable bonds is 6. The van der Waals surface area contributed by atoms with Gasteiger partial charge in [-0.05, 0) is 38.1 Å². The standard InChI is InChI=1S/C19H26N4O3S/c1-3-20-19(23-9-7-14(8-10-23)18(24)25-4-2)21-12-15-13-26-17(22-15)16-6-5-11-27-16/h5-6,11,13-14H,3-4,7-10,12H2,1-2H3,(H,20,21). The van der Waals surface area contributed by atoms with Crippen molar-refractivity contribution in [1.82, 2.24) is 15.2 Å². The molecule has 1 saturated heterocycles. The maximum Gasteiger partial charge on any atom is 0.309 e. The number of guanidine groups is 1. The van der Waals surface area contributed by atoms with Gasteiger partial charge in [0.25, 0.3) is 0 Å². The van der Waals surface area contributed by atoms with Crippen LogP contribution >= 0.6 is 11.3 Å². The maximum atomic E-state index is 11.9. The quantitative estimate of drug-likeness (QED) is 0.464. The van der Waals surface area contributed by atoms with Crippen molar-refractivity contribution < 1.29 is 13.9 Å². The predicted molar refractivity (Wildman–Crippen MR) is 106 cm³/mol. The zero-order valence-electron chi connectivity index (χ0n) is 15.8. The highest BCUT2D eigenvalue weighted by Gasteiger charge is 2.27. The monoisotopic (exact) mass is 390 g/mol. The molecule has 0 saturated carbocycles. The summed E-state index contributed by atoms with van der Waals surface area (Å²) in [5, 5.41) is 5.33. The minimum absolute atomic E-state index is 0.00651. The molecule has 3 rings (SSSR count). The number of thiophene rings is 1. The Hall–Kier alpha value is -2.35. The summed E-state index contributed by atoms with van der Waals surface area (Å²) >= 11 is 1.60. The zero-order valence-corrected chi connectivity index (χ0v) is 16.6. The fraction of sp³-hybridized carbons (Fsp3) is 0.526. The van der Waals surface area contributed by atoms with Crippen LogP contribution in [0.5, 0.6) is 0 Å². The molecule has 0 radical (unpaired) electrons. The Labute approximate surface area is 163 Å². The van der Waals surface area contributed by atoms with E-state index in [9.17, 15) is 4.79 Å². The average molecular weight is 391 g/mol. The Morgan fingerprint density at radius 1 is 1.44 bits per heavy atom. The normalized spacial score (nSPS) is 15.8. The molecule has 0 aromatic carbocycles. The lowest BCUT2D eigenvalue weighted by molar-refractivity contribution is -0.149. The van der Waals surface area contributed by atoms with Gasteiger partial charge >= 0.3 is 5.97 Å². The summed E-state index contributed by atoms with van der Waals surface area (Å²) < 4.78 is 10.7. The van der Waals surface area contributed by atoms with Crippen molar-refractivity contribution in [2.45, 2.75) is 33.2 Å². The number of carbonyl (C=O) groups excluding carboxylic acids is 1. The molecule has 1 fully saturated rings. The largest absolute Gasteiger partial charge is 0.466 e. The van der Waals surface area contributed by atoms with Gasteiger partial charge in [0.05, 0.1) is 23.9 Å². The summed E-state index contributed by atoms with van der Waals surface area (Å²) in [5.74, 6) is 1.40. The molecule has 2 aromatic heterocycles. The summed E-state index contributed by atoms with van der Waals surface area (Å²) in [7, 11) is 0. The van der Waals surface area contributed by atoms with E-state index in [1.54, 1.807) is 17.6 Å². The maximum absolute atomic E-state index is 11.9. The van der Waals surface area contributed by atoms with E-state index >= 15 is 0 Å². The highest BCUT2D eigenvalue weighted by molar-refractivity contribution is 7.13. The second kappa shape index (κ2) is 9.55. The molecule has 2 aromatic rings. The van der Waals surface area contributed by atoms with E-state index < -0.39 is 0 Å². The molecule has 0 spiro atoms. The van der Waals surface area contributed by atoms with Gasteiger partial charge in [0.2, 0.25) is 5.89 Å². The topological polar surface area (TPSA) is 80.0 Å². The highest BCUT2D eigenvalue weighted by Crippen LogP contribution is 2.24. The molecule has 3 heterocycles. The minimum atomic E-state index is -0.0807. The fourth-order valence-electron chi connectivity index (χ4n) is 3.06. The first-order chi connectivity index (χ1) is 13.2. The van der Waals surface area contributed by atoms with Crippen molar-refractivity contribution in [2.24, 2.45) is 10.9 Å². The van der Waals surface area contributed by atoms with Crippen LogP contribution < -0.4 is 5.32 Å². The lowest BCUT2D eigenvalue weighted by Crippen LogP contribution is -2.46. The molecule has 0 aliphatic carbocycles. The van der Waals surface area contributed by atoms with Crippen LogP contribution in [0.3, 0.4) is 0 Å². The van der Waals surface area contributed by atoms with E-state index in [-0.39, 0.29) is 11.9 Å². The van der Waals surface area contributed by atoms with Crippen LogP contribution in [0, 0.1) is 5.92 Å². The molecule has 7 nitrogen and oxygen atoms in total. The molecule has 146 valence electrons. The molecule has 0 atom stereocenters. The van der Waals surface area contributed by atoms with E-state index in [0.717, 1.165) is 49.0 Å².